The average Bonchev–Trinajstić information content (AvgIpc) is 2.52. The lowest BCUT2D eigenvalue weighted by Gasteiger charge is -2.26. The minimum Gasteiger partial charge on any atom is -1.00 e. The van der Waals surface area contributed by atoms with Crippen LogP contribution in [0.4, 0.5) is 0 Å². The van der Waals surface area contributed by atoms with Crippen molar-refractivity contribution in [3.8, 4) is 5.75 Å². The van der Waals surface area contributed by atoms with Crippen molar-refractivity contribution < 1.29 is 26.7 Å². The highest BCUT2D eigenvalue weighted by atomic mass is 35.5. The summed E-state index contributed by atoms with van der Waals surface area (Å²) in [7, 11) is 1.57. The van der Waals surface area contributed by atoms with Gasteiger partial charge in [0.25, 0.3) is 5.91 Å². The average molecular weight is 314 g/mol. The van der Waals surface area contributed by atoms with Crippen molar-refractivity contribution in [2.45, 2.75) is 6.42 Å². The fourth-order valence-corrected chi connectivity index (χ4v) is 2.26. The lowest BCUT2D eigenvalue weighted by atomic mass is 10.2. The number of carbonyl (C=O) groups excluding carboxylic acids is 1. The lowest BCUT2D eigenvalue weighted by molar-refractivity contribution is -0.0000142. The number of benzene rings is 1. The summed E-state index contributed by atoms with van der Waals surface area (Å²) in [6.45, 7) is 5.27. The van der Waals surface area contributed by atoms with Crippen LogP contribution in [0.3, 0.4) is 0 Å². The standard InChI is InChI=1S/C15H22N2O3.ClH/c1-19-14-6-3-2-5-13(14)15(18)16-7-4-8-17-9-11-20-12-10-17;/h2-3,5-6H,4,7-12H2,1H3,(H,16,18);1H/p-1. The fourth-order valence-electron chi connectivity index (χ4n) is 2.26. The third kappa shape index (κ3) is 5.53. The van der Waals surface area contributed by atoms with Crippen molar-refractivity contribution in [1.82, 2.24) is 10.2 Å². The molecule has 1 N–H and O–H groups in total. The molecular formula is C15H22ClN2O3-. The van der Waals surface area contributed by atoms with Crippen molar-refractivity contribution in [1.29, 1.82) is 0 Å². The predicted octanol–water partition coefficient (Wildman–Crippen LogP) is -1.85. The van der Waals surface area contributed by atoms with Crippen LogP contribution in [0.1, 0.15) is 16.8 Å². The summed E-state index contributed by atoms with van der Waals surface area (Å²) in [5.41, 5.74) is 0.585. The van der Waals surface area contributed by atoms with E-state index in [1.165, 1.54) is 0 Å². The molecule has 0 aliphatic carbocycles. The van der Waals surface area contributed by atoms with E-state index in [0.29, 0.717) is 17.9 Å². The van der Waals surface area contributed by atoms with E-state index in [9.17, 15) is 4.79 Å². The molecule has 1 aromatic carbocycles. The Balaban J connectivity index is 0.00000220. The number of para-hydroxylation sites is 1. The molecule has 1 aromatic rings. The SMILES string of the molecule is COc1ccccc1C(=O)NCCCN1CCOCC1.[Cl-]. The molecule has 1 heterocycles. The van der Waals surface area contributed by atoms with E-state index in [1.54, 1.807) is 19.2 Å². The molecule has 5 nitrogen and oxygen atoms in total. The van der Waals surface area contributed by atoms with Crippen molar-refractivity contribution in [2.24, 2.45) is 0 Å². The van der Waals surface area contributed by atoms with Crippen molar-refractivity contribution in [2.75, 3.05) is 46.5 Å². The second kappa shape index (κ2) is 9.60. The lowest BCUT2D eigenvalue weighted by Crippen LogP contribution is -3.00. The number of hydrogen-bond acceptors (Lipinski definition) is 4. The molecular weight excluding hydrogens is 292 g/mol. The zero-order valence-electron chi connectivity index (χ0n) is 12.3. The summed E-state index contributed by atoms with van der Waals surface area (Å²) in [4.78, 5) is 14.4. The molecule has 0 unspecified atom stereocenters. The van der Waals surface area contributed by atoms with E-state index in [-0.39, 0.29) is 18.3 Å². The van der Waals surface area contributed by atoms with Gasteiger partial charge in [-0.15, -0.1) is 0 Å². The van der Waals surface area contributed by atoms with E-state index in [1.807, 2.05) is 12.1 Å². The van der Waals surface area contributed by atoms with Gasteiger partial charge in [0, 0.05) is 19.6 Å². The molecule has 1 saturated heterocycles. The summed E-state index contributed by atoms with van der Waals surface area (Å²) in [6, 6.07) is 7.26. The van der Waals surface area contributed by atoms with E-state index < -0.39 is 0 Å². The van der Waals surface area contributed by atoms with Crippen molar-refractivity contribution >= 4 is 5.91 Å². The van der Waals surface area contributed by atoms with E-state index in [2.05, 4.69) is 10.2 Å². The quantitative estimate of drug-likeness (QED) is 0.627. The van der Waals surface area contributed by atoms with Crippen LogP contribution in [-0.4, -0.2) is 57.3 Å². The van der Waals surface area contributed by atoms with Crippen LogP contribution in [0.25, 0.3) is 0 Å². The molecule has 1 fully saturated rings. The van der Waals surface area contributed by atoms with Crippen LogP contribution in [0.5, 0.6) is 5.75 Å². The summed E-state index contributed by atoms with van der Waals surface area (Å²) in [5, 5.41) is 2.94. The minimum atomic E-state index is -0.0792. The Labute approximate surface area is 132 Å². The third-order valence-corrected chi connectivity index (χ3v) is 3.39. The van der Waals surface area contributed by atoms with E-state index >= 15 is 0 Å². The molecule has 6 heteroatoms. The van der Waals surface area contributed by atoms with Gasteiger partial charge in [0.1, 0.15) is 5.75 Å². The van der Waals surface area contributed by atoms with Gasteiger partial charge in [0.2, 0.25) is 0 Å². The molecule has 2 rings (SSSR count). The summed E-state index contributed by atoms with van der Waals surface area (Å²) in [6.07, 6.45) is 0.945. The zero-order valence-corrected chi connectivity index (χ0v) is 13.1. The van der Waals surface area contributed by atoms with Crippen molar-refractivity contribution in [3.63, 3.8) is 0 Å². The number of rotatable bonds is 6. The van der Waals surface area contributed by atoms with E-state index in [0.717, 1.165) is 39.3 Å². The highest BCUT2D eigenvalue weighted by Crippen LogP contribution is 2.16. The molecule has 1 amide bonds. The van der Waals surface area contributed by atoms with Gasteiger partial charge in [-0.05, 0) is 25.1 Å². The van der Waals surface area contributed by atoms with Crippen LogP contribution in [0.15, 0.2) is 24.3 Å². The molecule has 0 atom stereocenters. The maximum atomic E-state index is 12.1. The van der Waals surface area contributed by atoms with Crippen LogP contribution in [-0.2, 0) is 4.74 Å². The van der Waals surface area contributed by atoms with Gasteiger partial charge in [-0.1, -0.05) is 12.1 Å². The largest absolute Gasteiger partial charge is 1.00 e. The van der Waals surface area contributed by atoms with Crippen LogP contribution in [0.2, 0.25) is 0 Å². The molecule has 0 aromatic heterocycles. The molecule has 0 bridgehead atoms. The van der Waals surface area contributed by atoms with Gasteiger partial charge in [-0.3, -0.25) is 9.69 Å². The second-order valence-corrected chi connectivity index (χ2v) is 4.76. The normalized spacial score (nSPS) is 15.1. The minimum absolute atomic E-state index is 0. The Kier molecular flexibility index (Phi) is 8.12. The summed E-state index contributed by atoms with van der Waals surface area (Å²) in [5.74, 6) is 0.530. The highest BCUT2D eigenvalue weighted by Gasteiger charge is 2.12. The van der Waals surface area contributed by atoms with Crippen LogP contribution >= 0.6 is 0 Å². The smallest absolute Gasteiger partial charge is 0.255 e. The maximum Gasteiger partial charge on any atom is 0.255 e. The molecule has 1 aliphatic heterocycles. The Morgan fingerprint density at radius 2 is 2.05 bits per heavy atom. The van der Waals surface area contributed by atoms with Gasteiger partial charge in [-0.2, -0.15) is 0 Å². The van der Waals surface area contributed by atoms with Crippen molar-refractivity contribution in [3.05, 3.63) is 29.8 Å². The Bertz CT molecular complexity index is 437. The first-order chi connectivity index (χ1) is 9.81. The predicted molar refractivity (Wildman–Crippen MR) is 77.2 cm³/mol. The fraction of sp³-hybridized carbons (Fsp3) is 0.533. The van der Waals surface area contributed by atoms with Gasteiger partial charge in [0.05, 0.1) is 25.9 Å². The number of nitrogens with one attached hydrogen (secondary N) is 1. The Hall–Kier alpha value is -1.30. The number of hydrogen-bond donors (Lipinski definition) is 1. The van der Waals surface area contributed by atoms with E-state index in [4.69, 9.17) is 9.47 Å². The number of carbonyl (C=O) groups is 1. The first kappa shape index (κ1) is 17.8. The number of methoxy groups -OCH3 is 1. The first-order valence-electron chi connectivity index (χ1n) is 7.02. The van der Waals surface area contributed by atoms with Gasteiger partial charge in [-0.25, -0.2) is 0 Å². The van der Waals surface area contributed by atoms with Gasteiger partial charge >= 0.3 is 0 Å². The number of morpholine rings is 1. The molecule has 118 valence electrons. The van der Waals surface area contributed by atoms with Crippen LogP contribution < -0.4 is 22.5 Å². The van der Waals surface area contributed by atoms with Gasteiger partial charge < -0.3 is 27.2 Å². The number of halogens is 1. The Morgan fingerprint density at radius 1 is 1.33 bits per heavy atom. The summed E-state index contributed by atoms with van der Waals surface area (Å²) < 4.78 is 10.5. The number of nitrogens with zero attached hydrogens (tertiary/aromatic N) is 1. The topological polar surface area (TPSA) is 50.8 Å². The number of amides is 1. The Morgan fingerprint density at radius 3 is 2.76 bits per heavy atom. The monoisotopic (exact) mass is 313 g/mol. The van der Waals surface area contributed by atoms with Gasteiger partial charge in [0.15, 0.2) is 0 Å². The molecule has 0 radical (unpaired) electrons. The molecule has 0 saturated carbocycles. The zero-order chi connectivity index (χ0) is 14.2. The highest BCUT2D eigenvalue weighted by molar-refractivity contribution is 5.96. The molecule has 1 aliphatic rings. The molecule has 21 heavy (non-hydrogen) atoms. The maximum absolute atomic E-state index is 12.1. The first-order valence-corrected chi connectivity index (χ1v) is 7.02. The third-order valence-electron chi connectivity index (χ3n) is 3.39. The number of ether oxygens (including phenoxy) is 2. The summed E-state index contributed by atoms with van der Waals surface area (Å²) >= 11 is 0. The molecule has 0 spiro atoms. The second-order valence-electron chi connectivity index (χ2n) is 4.76. The van der Waals surface area contributed by atoms with Crippen LogP contribution in [0, 0.1) is 0 Å².